The van der Waals surface area contributed by atoms with E-state index < -0.39 is 0 Å². The molecule has 2 heteroatoms. The van der Waals surface area contributed by atoms with E-state index in [9.17, 15) is 0 Å². The van der Waals surface area contributed by atoms with Crippen LogP contribution in [0.2, 0.25) is 0 Å². The molecule has 0 spiro atoms. The normalized spacial score (nSPS) is 12.5. The molecule has 1 atom stereocenters. The van der Waals surface area contributed by atoms with E-state index >= 15 is 0 Å². The first-order valence-corrected chi connectivity index (χ1v) is 8.14. The van der Waals surface area contributed by atoms with Crippen molar-refractivity contribution in [1.29, 1.82) is 0 Å². The van der Waals surface area contributed by atoms with Gasteiger partial charge in [-0.05, 0) is 24.1 Å². The predicted octanol–water partition coefficient (Wildman–Crippen LogP) is 5.64. The van der Waals surface area contributed by atoms with Crippen LogP contribution >= 0.6 is 0 Å². The van der Waals surface area contributed by atoms with Crippen molar-refractivity contribution in [1.82, 2.24) is 0 Å². The molecule has 1 unspecified atom stereocenters. The second-order valence-corrected chi connectivity index (χ2v) is 5.93. The Morgan fingerprint density at radius 3 is 1.82 bits per heavy atom. The summed E-state index contributed by atoms with van der Waals surface area (Å²) in [6.07, 6.45) is 2.36. The van der Waals surface area contributed by atoms with E-state index in [0.29, 0.717) is 6.04 Å². The van der Waals surface area contributed by atoms with Crippen molar-refractivity contribution >= 4 is 32.9 Å². The summed E-state index contributed by atoms with van der Waals surface area (Å²) in [7, 11) is 2.01. The predicted molar refractivity (Wildman–Crippen MR) is 99.0 cm³/mol. The molecule has 0 fully saturated rings. The molecule has 0 saturated heterocycles. The van der Waals surface area contributed by atoms with Crippen LogP contribution in [0.3, 0.4) is 0 Å². The van der Waals surface area contributed by atoms with Crippen LogP contribution in [-0.4, -0.2) is 13.1 Å². The SMILES string of the molecule is CCCC(C)Nc1c(NC)c2ccccc2c2ccccc12. The largest absolute Gasteiger partial charge is 0.386 e. The summed E-state index contributed by atoms with van der Waals surface area (Å²) in [4.78, 5) is 0. The van der Waals surface area contributed by atoms with E-state index in [1.54, 1.807) is 0 Å². The summed E-state index contributed by atoms with van der Waals surface area (Å²) in [5.74, 6) is 0. The minimum atomic E-state index is 0.460. The molecule has 3 aromatic carbocycles. The Morgan fingerprint density at radius 2 is 1.32 bits per heavy atom. The minimum Gasteiger partial charge on any atom is -0.386 e. The smallest absolute Gasteiger partial charge is 0.0664 e. The van der Waals surface area contributed by atoms with Crippen molar-refractivity contribution in [2.45, 2.75) is 32.7 Å². The van der Waals surface area contributed by atoms with E-state index in [1.165, 1.54) is 45.8 Å². The van der Waals surface area contributed by atoms with Crippen molar-refractivity contribution in [3.63, 3.8) is 0 Å². The summed E-state index contributed by atoms with van der Waals surface area (Å²) in [5, 5.41) is 12.3. The van der Waals surface area contributed by atoms with Gasteiger partial charge in [0.25, 0.3) is 0 Å². The molecule has 3 rings (SSSR count). The highest BCUT2D eigenvalue weighted by Crippen LogP contribution is 2.40. The summed E-state index contributed by atoms with van der Waals surface area (Å²) in [5.41, 5.74) is 2.41. The molecular formula is C20H24N2. The molecule has 0 radical (unpaired) electrons. The van der Waals surface area contributed by atoms with Gasteiger partial charge in [0.2, 0.25) is 0 Å². The third-order valence-corrected chi connectivity index (χ3v) is 4.30. The van der Waals surface area contributed by atoms with Gasteiger partial charge in [-0.3, -0.25) is 0 Å². The van der Waals surface area contributed by atoms with E-state index in [0.717, 1.165) is 0 Å². The molecule has 22 heavy (non-hydrogen) atoms. The van der Waals surface area contributed by atoms with Crippen molar-refractivity contribution in [2.24, 2.45) is 0 Å². The average Bonchev–Trinajstić information content (AvgIpc) is 2.55. The summed E-state index contributed by atoms with van der Waals surface area (Å²) in [6, 6.07) is 17.7. The van der Waals surface area contributed by atoms with E-state index in [1.807, 2.05) is 7.05 Å². The summed E-state index contributed by atoms with van der Waals surface area (Å²) < 4.78 is 0. The maximum Gasteiger partial charge on any atom is 0.0664 e. The minimum absolute atomic E-state index is 0.460. The molecule has 0 bridgehead atoms. The second kappa shape index (κ2) is 6.27. The molecule has 0 saturated carbocycles. The number of hydrogen-bond donors (Lipinski definition) is 2. The van der Waals surface area contributed by atoms with Crippen LogP contribution in [0.1, 0.15) is 26.7 Å². The fourth-order valence-corrected chi connectivity index (χ4v) is 3.30. The Bertz CT molecular complexity index is 792. The molecule has 0 aliphatic heterocycles. The maximum absolute atomic E-state index is 3.73. The summed E-state index contributed by atoms with van der Waals surface area (Å²) in [6.45, 7) is 4.49. The topological polar surface area (TPSA) is 24.1 Å². The van der Waals surface area contributed by atoms with Gasteiger partial charge in [-0.2, -0.15) is 0 Å². The first kappa shape index (κ1) is 14.7. The molecule has 0 aliphatic rings. The fourth-order valence-electron chi connectivity index (χ4n) is 3.30. The average molecular weight is 292 g/mol. The van der Waals surface area contributed by atoms with Crippen LogP contribution in [0.25, 0.3) is 21.5 Å². The molecular weight excluding hydrogens is 268 g/mol. The Labute approximate surface area is 132 Å². The standard InChI is InChI=1S/C20H24N2/c1-4-9-14(2)22-20-18-13-8-6-11-16(18)15-10-5-7-12-17(15)19(20)21-3/h5-8,10-14,21-22H,4,9H2,1-3H3. The molecule has 2 N–H and O–H groups in total. The van der Waals surface area contributed by atoms with Crippen LogP contribution < -0.4 is 10.6 Å². The van der Waals surface area contributed by atoms with Gasteiger partial charge < -0.3 is 10.6 Å². The van der Waals surface area contributed by atoms with Gasteiger partial charge in [-0.25, -0.2) is 0 Å². The number of fused-ring (bicyclic) bond motifs is 3. The Morgan fingerprint density at radius 1 is 0.818 bits per heavy atom. The number of benzene rings is 3. The first-order chi connectivity index (χ1) is 10.8. The molecule has 0 aromatic heterocycles. The van der Waals surface area contributed by atoms with Gasteiger partial charge in [0, 0.05) is 23.9 Å². The van der Waals surface area contributed by atoms with E-state index in [4.69, 9.17) is 0 Å². The van der Waals surface area contributed by atoms with Crippen LogP contribution in [-0.2, 0) is 0 Å². The molecule has 114 valence electrons. The maximum atomic E-state index is 3.73. The Hall–Kier alpha value is -2.22. The first-order valence-electron chi connectivity index (χ1n) is 8.14. The van der Waals surface area contributed by atoms with Crippen LogP contribution in [0.4, 0.5) is 11.4 Å². The number of hydrogen-bond acceptors (Lipinski definition) is 2. The highest BCUT2D eigenvalue weighted by molar-refractivity contribution is 6.20. The summed E-state index contributed by atoms with van der Waals surface area (Å²) >= 11 is 0. The molecule has 0 aliphatic carbocycles. The Balaban J connectivity index is 2.31. The molecule has 0 amide bonds. The van der Waals surface area contributed by atoms with Gasteiger partial charge in [-0.1, -0.05) is 61.9 Å². The van der Waals surface area contributed by atoms with Crippen molar-refractivity contribution in [3.05, 3.63) is 48.5 Å². The van der Waals surface area contributed by atoms with Gasteiger partial charge in [0.15, 0.2) is 0 Å². The van der Waals surface area contributed by atoms with Crippen molar-refractivity contribution in [3.8, 4) is 0 Å². The lowest BCUT2D eigenvalue weighted by atomic mass is 9.97. The van der Waals surface area contributed by atoms with Crippen molar-refractivity contribution in [2.75, 3.05) is 17.7 Å². The van der Waals surface area contributed by atoms with E-state index in [2.05, 4.69) is 73.0 Å². The quantitative estimate of drug-likeness (QED) is 0.470. The van der Waals surface area contributed by atoms with Crippen LogP contribution in [0.15, 0.2) is 48.5 Å². The lowest BCUT2D eigenvalue weighted by Crippen LogP contribution is -2.16. The second-order valence-electron chi connectivity index (χ2n) is 5.93. The van der Waals surface area contributed by atoms with Crippen LogP contribution in [0.5, 0.6) is 0 Å². The fraction of sp³-hybridized carbons (Fsp3) is 0.300. The Kier molecular flexibility index (Phi) is 4.19. The van der Waals surface area contributed by atoms with Gasteiger partial charge >= 0.3 is 0 Å². The molecule has 0 heterocycles. The zero-order valence-corrected chi connectivity index (χ0v) is 13.6. The highest BCUT2D eigenvalue weighted by Gasteiger charge is 2.14. The molecule has 3 aromatic rings. The number of rotatable bonds is 5. The third-order valence-electron chi connectivity index (χ3n) is 4.30. The monoisotopic (exact) mass is 292 g/mol. The van der Waals surface area contributed by atoms with Crippen LogP contribution in [0, 0.1) is 0 Å². The zero-order chi connectivity index (χ0) is 15.5. The lowest BCUT2D eigenvalue weighted by molar-refractivity contribution is 0.691. The van der Waals surface area contributed by atoms with Gasteiger partial charge in [-0.15, -0.1) is 0 Å². The van der Waals surface area contributed by atoms with Crippen molar-refractivity contribution < 1.29 is 0 Å². The number of nitrogens with one attached hydrogen (secondary N) is 2. The van der Waals surface area contributed by atoms with Gasteiger partial charge in [0.1, 0.15) is 0 Å². The lowest BCUT2D eigenvalue weighted by Gasteiger charge is -2.22. The number of anilines is 2. The highest BCUT2D eigenvalue weighted by atomic mass is 15.0. The third kappa shape index (κ3) is 2.50. The zero-order valence-electron chi connectivity index (χ0n) is 13.6. The van der Waals surface area contributed by atoms with E-state index in [-0.39, 0.29) is 0 Å². The molecule has 2 nitrogen and oxygen atoms in total. The van der Waals surface area contributed by atoms with Gasteiger partial charge in [0.05, 0.1) is 11.4 Å².